The summed E-state index contributed by atoms with van der Waals surface area (Å²) in [5, 5.41) is 2.84. The van der Waals surface area contributed by atoms with Crippen LogP contribution in [0.25, 0.3) is 0 Å². The highest BCUT2D eigenvalue weighted by atomic mass is 19.1. The van der Waals surface area contributed by atoms with Crippen molar-refractivity contribution >= 4 is 5.91 Å². The van der Waals surface area contributed by atoms with E-state index in [0.29, 0.717) is 6.54 Å². The van der Waals surface area contributed by atoms with Crippen LogP contribution in [0.15, 0.2) is 35.3 Å². The molecule has 1 aromatic heterocycles. The summed E-state index contributed by atoms with van der Waals surface area (Å²) in [4.78, 5) is 30.3. The van der Waals surface area contributed by atoms with E-state index in [1.807, 2.05) is 0 Å². The van der Waals surface area contributed by atoms with E-state index in [0.717, 1.165) is 31.5 Å². The predicted molar refractivity (Wildman–Crippen MR) is 83.7 cm³/mol. The van der Waals surface area contributed by atoms with Crippen molar-refractivity contribution in [2.45, 2.75) is 18.9 Å². The zero-order chi connectivity index (χ0) is 16.2. The van der Waals surface area contributed by atoms with Gasteiger partial charge in [-0.25, -0.2) is 9.18 Å². The first kappa shape index (κ1) is 15.5. The van der Waals surface area contributed by atoms with Gasteiger partial charge >= 0.3 is 5.69 Å². The van der Waals surface area contributed by atoms with Crippen molar-refractivity contribution in [3.63, 3.8) is 0 Å². The van der Waals surface area contributed by atoms with Crippen LogP contribution in [0.5, 0.6) is 0 Å². The van der Waals surface area contributed by atoms with Crippen molar-refractivity contribution in [1.82, 2.24) is 20.2 Å². The summed E-state index contributed by atoms with van der Waals surface area (Å²) < 4.78 is 13.1. The van der Waals surface area contributed by atoms with Gasteiger partial charge in [-0.3, -0.25) is 9.69 Å². The molecule has 3 N–H and O–H groups in total. The molecule has 1 saturated heterocycles. The molecule has 122 valence electrons. The van der Waals surface area contributed by atoms with Crippen LogP contribution < -0.4 is 11.0 Å². The summed E-state index contributed by atoms with van der Waals surface area (Å²) >= 11 is 0. The fourth-order valence-electron chi connectivity index (χ4n) is 2.94. The summed E-state index contributed by atoms with van der Waals surface area (Å²) in [6, 6.07) is 6.37. The van der Waals surface area contributed by atoms with E-state index in [-0.39, 0.29) is 23.5 Å². The molecule has 6 nitrogen and oxygen atoms in total. The fourth-order valence-corrected chi connectivity index (χ4v) is 2.94. The Morgan fingerprint density at radius 2 is 1.96 bits per heavy atom. The summed E-state index contributed by atoms with van der Waals surface area (Å²) in [7, 11) is 0. The zero-order valence-electron chi connectivity index (χ0n) is 12.6. The molecule has 0 saturated carbocycles. The van der Waals surface area contributed by atoms with Crippen LogP contribution >= 0.6 is 0 Å². The first-order valence-electron chi connectivity index (χ1n) is 7.69. The fraction of sp³-hybridized carbons (Fsp3) is 0.375. The van der Waals surface area contributed by atoms with Gasteiger partial charge in [-0.05, 0) is 43.6 Å². The van der Waals surface area contributed by atoms with Crippen molar-refractivity contribution in [2.75, 3.05) is 19.6 Å². The van der Waals surface area contributed by atoms with Gasteiger partial charge in [0.25, 0.3) is 5.91 Å². The van der Waals surface area contributed by atoms with E-state index in [9.17, 15) is 14.0 Å². The maximum absolute atomic E-state index is 13.1. The molecular formula is C16H19FN4O2. The highest BCUT2D eigenvalue weighted by molar-refractivity contribution is 5.91. The molecule has 2 aromatic rings. The molecule has 1 unspecified atom stereocenters. The number of aromatic nitrogens is 2. The van der Waals surface area contributed by atoms with E-state index >= 15 is 0 Å². The second-order valence-corrected chi connectivity index (χ2v) is 5.68. The molecule has 7 heteroatoms. The van der Waals surface area contributed by atoms with Gasteiger partial charge in [-0.1, -0.05) is 12.1 Å². The highest BCUT2D eigenvalue weighted by Crippen LogP contribution is 2.24. The Hall–Kier alpha value is -2.41. The topological polar surface area (TPSA) is 81.0 Å². The number of carbonyl (C=O) groups excluding carboxylic acids is 1. The highest BCUT2D eigenvalue weighted by Gasteiger charge is 2.24. The molecule has 23 heavy (non-hydrogen) atoms. The Bertz CT molecular complexity index is 716. The van der Waals surface area contributed by atoms with Crippen LogP contribution in [0, 0.1) is 5.82 Å². The number of H-pyrrole nitrogens is 2. The van der Waals surface area contributed by atoms with Crippen molar-refractivity contribution in [3.05, 3.63) is 58.0 Å². The molecule has 1 atom stereocenters. The molecule has 1 aromatic carbocycles. The Kier molecular flexibility index (Phi) is 4.57. The molecule has 0 radical (unpaired) electrons. The number of hydrogen-bond acceptors (Lipinski definition) is 3. The van der Waals surface area contributed by atoms with Crippen molar-refractivity contribution in [3.8, 4) is 0 Å². The monoisotopic (exact) mass is 318 g/mol. The normalized spacial score (nSPS) is 16.4. The Labute approximate surface area is 132 Å². The third-order valence-corrected chi connectivity index (χ3v) is 4.13. The third kappa shape index (κ3) is 3.68. The van der Waals surface area contributed by atoms with Gasteiger partial charge in [0.05, 0.1) is 6.04 Å². The van der Waals surface area contributed by atoms with Crippen LogP contribution in [0.4, 0.5) is 4.39 Å². The van der Waals surface area contributed by atoms with Gasteiger partial charge in [0.1, 0.15) is 11.5 Å². The Balaban J connectivity index is 1.72. The van der Waals surface area contributed by atoms with E-state index in [4.69, 9.17) is 0 Å². The van der Waals surface area contributed by atoms with Crippen LogP contribution in [0.1, 0.15) is 34.9 Å². The minimum absolute atomic E-state index is 0.00675. The number of halogens is 1. The summed E-state index contributed by atoms with van der Waals surface area (Å²) in [6.07, 6.45) is 3.59. The van der Waals surface area contributed by atoms with Gasteiger partial charge in [-0.15, -0.1) is 0 Å². The molecule has 1 aliphatic rings. The van der Waals surface area contributed by atoms with Gasteiger partial charge in [0.15, 0.2) is 0 Å². The van der Waals surface area contributed by atoms with Crippen LogP contribution in [0.3, 0.4) is 0 Å². The van der Waals surface area contributed by atoms with Crippen molar-refractivity contribution in [2.24, 2.45) is 0 Å². The van der Waals surface area contributed by atoms with Crippen molar-refractivity contribution in [1.29, 1.82) is 0 Å². The SMILES string of the molecule is O=C(NCC(c1ccc(F)cc1)N1CCCC1)c1c[nH]c(=O)[nH]1. The first-order valence-corrected chi connectivity index (χ1v) is 7.69. The van der Waals surface area contributed by atoms with Crippen LogP contribution in [0.2, 0.25) is 0 Å². The largest absolute Gasteiger partial charge is 0.349 e. The number of aromatic amines is 2. The quantitative estimate of drug-likeness (QED) is 0.780. The molecule has 0 bridgehead atoms. The Morgan fingerprint density at radius 1 is 1.26 bits per heavy atom. The molecule has 2 heterocycles. The zero-order valence-corrected chi connectivity index (χ0v) is 12.6. The average Bonchev–Trinajstić information content (AvgIpc) is 3.21. The average molecular weight is 318 g/mol. The first-order chi connectivity index (χ1) is 11.1. The Morgan fingerprint density at radius 3 is 2.57 bits per heavy atom. The lowest BCUT2D eigenvalue weighted by Gasteiger charge is -2.28. The molecule has 1 aliphatic heterocycles. The molecular weight excluding hydrogens is 299 g/mol. The molecule has 1 fully saturated rings. The number of amides is 1. The summed E-state index contributed by atoms with van der Waals surface area (Å²) in [5.74, 6) is -0.613. The number of likely N-dealkylation sites (tertiary alicyclic amines) is 1. The van der Waals surface area contributed by atoms with Gasteiger partial charge in [-0.2, -0.15) is 0 Å². The lowest BCUT2D eigenvalue weighted by Crippen LogP contribution is -2.37. The van der Waals surface area contributed by atoms with E-state index in [2.05, 4.69) is 20.2 Å². The smallest absolute Gasteiger partial charge is 0.323 e. The lowest BCUT2D eigenvalue weighted by atomic mass is 10.1. The molecule has 0 aliphatic carbocycles. The second-order valence-electron chi connectivity index (χ2n) is 5.68. The number of benzene rings is 1. The number of nitrogens with one attached hydrogen (secondary N) is 3. The van der Waals surface area contributed by atoms with Gasteiger partial charge in [0.2, 0.25) is 0 Å². The van der Waals surface area contributed by atoms with Gasteiger partial charge in [0, 0.05) is 12.7 Å². The van der Waals surface area contributed by atoms with Gasteiger partial charge < -0.3 is 15.3 Å². The van der Waals surface area contributed by atoms with Crippen molar-refractivity contribution < 1.29 is 9.18 Å². The second kappa shape index (κ2) is 6.78. The van der Waals surface area contributed by atoms with Crippen LogP contribution in [-0.4, -0.2) is 40.4 Å². The van der Waals surface area contributed by atoms with E-state index in [1.54, 1.807) is 12.1 Å². The minimum Gasteiger partial charge on any atom is -0.349 e. The lowest BCUT2D eigenvalue weighted by molar-refractivity contribution is 0.0933. The number of rotatable bonds is 5. The number of hydrogen-bond donors (Lipinski definition) is 3. The molecule has 3 rings (SSSR count). The number of imidazole rings is 1. The predicted octanol–water partition coefficient (Wildman–Crippen LogP) is 1.41. The summed E-state index contributed by atoms with van der Waals surface area (Å²) in [5.41, 5.74) is 0.759. The van der Waals surface area contributed by atoms with Crippen LogP contribution in [-0.2, 0) is 0 Å². The molecule has 1 amide bonds. The maximum Gasteiger partial charge on any atom is 0.323 e. The molecule has 0 spiro atoms. The summed E-state index contributed by atoms with van der Waals surface area (Å²) in [6.45, 7) is 2.31. The number of carbonyl (C=O) groups is 1. The van der Waals surface area contributed by atoms with E-state index < -0.39 is 5.69 Å². The third-order valence-electron chi connectivity index (χ3n) is 4.13. The maximum atomic E-state index is 13.1. The number of nitrogens with zero attached hydrogens (tertiary/aromatic N) is 1. The van der Waals surface area contributed by atoms with E-state index in [1.165, 1.54) is 18.3 Å². The minimum atomic E-state index is -0.412. The standard InChI is InChI=1S/C16H19FN4O2/c17-12-5-3-11(4-6-12)14(21-7-1-2-8-21)10-18-15(22)13-9-19-16(23)20-13/h3-6,9,14H,1-2,7-8,10H2,(H,18,22)(H2,19,20,23).